The fraction of sp³-hybridized carbons (Fsp3) is 0.417. The first-order valence-electron chi connectivity index (χ1n) is 11.0. The van der Waals surface area contributed by atoms with Crippen LogP contribution >= 0.6 is 15.9 Å². The third kappa shape index (κ3) is 8.02. The number of ether oxygens (including phenoxy) is 1. The largest absolute Gasteiger partial charge is 0.497 e. The number of nitrogens with zero attached hydrogens (tertiary/aromatic N) is 2. The van der Waals surface area contributed by atoms with Gasteiger partial charge in [0, 0.05) is 17.6 Å². The average molecular weight is 555 g/mol. The molecule has 8 nitrogen and oxygen atoms in total. The summed E-state index contributed by atoms with van der Waals surface area (Å²) < 4.78 is 32.1. The van der Waals surface area contributed by atoms with Gasteiger partial charge in [0.15, 0.2) is 0 Å². The van der Waals surface area contributed by atoms with E-state index in [9.17, 15) is 18.0 Å². The van der Waals surface area contributed by atoms with Crippen molar-refractivity contribution in [2.45, 2.75) is 39.3 Å². The molecule has 2 aromatic carbocycles. The van der Waals surface area contributed by atoms with Gasteiger partial charge in [-0.2, -0.15) is 0 Å². The number of rotatable bonds is 12. The molecule has 34 heavy (non-hydrogen) atoms. The summed E-state index contributed by atoms with van der Waals surface area (Å²) in [5.74, 6) is -0.0994. The van der Waals surface area contributed by atoms with Crippen LogP contribution < -0.4 is 14.4 Å². The maximum atomic E-state index is 13.4. The second-order valence-corrected chi connectivity index (χ2v) is 10.8. The number of hydrogen-bond donors (Lipinski definition) is 1. The Morgan fingerprint density at radius 2 is 1.71 bits per heavy atom. The molecule has 0 saturated carbocycles. The zero-order chi connectivity index (χ0) is 25.3. The molecule has 2 rings (SSSR count). The normalized spacial score (nSPS) is 12.0. The second-order valence-electron chi connectivity index (χ2n) is 7.94. The van der Waals surface area contributed by atoms with E-state index in [0.717, 1.165) is 33.4 Å². The molecule has 0 aliphatic heterocycles. The molecule has 0 aromatic heterocycles. The van der Waals surface area contributed by atoms with Gasteiger partial charge in [-0.25, -0.2) is 8.42 Å². The maximum absolute atomic E-state index is 13.4. The van der Waals surface area contributed by atoms with Crippen molar-refractivity contribution in [2.24, 2.45) is 0 Å². The summed E-state index contributed by atoms with van der Waals surface area (Å²) >= 11 is 3.33. The predicted octanol–water partition coefficient (Wildman–Crippen LogP) is 3.56. The zero-order valence-electron chi connectivity index (χ0n) is 20.0. The van der Waals surface area contributed by atoms with E-state index in [1.165, 1.54) is 4.90 Å². The summed E-state index contributed by atoms with van der Waals surface area (Å²) in [5.41, 5.74) is 1.15. The fourth-order valence-electron chi connectivity index (χ4n) is 3.27. The SMILES string of the molecule is CCCCNC(=O)[C@H](C)N(Cc1ccc(OC)cc1)C(=O)CN(c1ccc(Br)cc1)S(C)(=O)=O. The van der Waals surface area contributed by atoms with Gasteiger partial charge in [-0.05, 0) is 55.3 Å². The van der Waals surface area contributed by atoms with Gasteiger partial charge in [-0.1, -0.05) is 41.4 Å². The van der Waals surface area contributed by atoms with Gasteiger partial charge in [0.25, 0.3) is 0 Å². The Morgan fingerprint density at radius 1 is 1.09 bits per heavy atom. The Kier molecular flexibility index (Phi) is 10.4. The highest BCUT2D eigenvalue weighted by Gasteiger charge is 2.30. The van der Waals surface area contributed by atoms with Crippen molar-refractivity contribution >= 4 is 43.5 Å². The van der Waals surface area contributed by atoms with E-state index in [0.29, 0.717) is 18.0 Å². The number of methoxy groups -OCH3 is 1. The van der Waals surface area contributed by atoms with E-state index in [2.05, 4.69) is 21.2 Å². The smallest absolute Gasteiger partial charge is 0.244 e. The van der Waals surface area contributed by atoms with Crippen molar-refractivity contribution in [2.75, 3.05) is 30.8 Å². The minimum Gasteiger partial charge on any atom is -0.497 e. The van der Waals surface area contributed by atoms with Crippen LogP contribution in [-0.4, -0.2) is 57.6 Å². The van der Waals surface area contributed by atoms with Gasteiger partial charge in [0.2, 0.25) is 21.8 Å². The molecule has 0 unspecified atom stereocenters. The molecule has 0 fully saturated rings. The lowest BCUT2D eigenvalue weighted by Crippen LogP contribution is -2.51. The minimum absolute atomic E-state index is 0.142. The molecule has 1 N–H and O–H groups in total. The number of hydrogen-bond acceptors (Lipinski definition) is 5. The molecule has 0 saturated heterocycles. The van der Waals surface area contributed by atoms with Gasteiger partial charge in [-0.3, -0.25) is 13.9 Å². The first kappa shape index (κ1) is 27.7. The van der Waals surface area contributed by atoms with Crippen molar-refractivity contribution in [1.82, 2.24) is 10.2 Å². The fourth-order valence-corrected chi connectivity index (χ4v) is 4.38. The molecular weight excluding hydrogens is 522 g/mol. The zero-order valence-corrected chi connectivity index (χ0v) is 22.4. The number of anilines is 1. The molecule has 2 amide bonds. The third-order valence-corrected chi connectivity index (χ3v) is 6.97. The topological polar surface area (TPSA) is 96.0 Å². The monoisotopic (exact) mass is 553 g/mol. The van der Waals surface area contributed by atoms with Crippen molar-refractivity contribution in [3.63, 3.8) is 0 Å². The summed E-state index contributed by atoms with van der Waals surface area (Å²) in [6.45, 7) is 3.90. The molecule has 0 spiro atoms. The van der Waals surface area contributed by atoms with E-state index in [1.807, 2.05) is 19.1 Å². The number of unbranched alkanes of at least 4 members (excludes halogenated alkanes) is 1. The van der Waals surface area contributed by atoms with Crippen LogP contribution in [0.25, 0.3) is 0 Å². The summed E-state index contributed by atoms with van der Waals surface area (Å²) in [6.07, 6.45) is 2.81. The van der Waals surface area contributed by atoms with E-state index in [4.69, 9.17) is 4.74 Å². The van der Waals surface area contributed by atoms with E-state index >= 15 is 0 Å². The molecule has 0 heterocycles. The third-order valence-electron chi connectivity index (χ3n) is 5.30. The van der Waals surface area contributed by atoms with Gasteiger partial charge >= 0.3 is 0 Å². The first-order valence-corrected chi connectivity index (χ1v) is 13.6. The van der Waals surface area contributed by atoms with Crippen LogP contribution in [0.4, 0.5) is 5.69 Å². The van der Waals surface area contributed by atoms with Crippen LogP contribution in [-0.2, 0) is 26.2 Å². The predicted molar refractivity (Wildman–Crippen MR) is 137 cm³/mol. The van der Waals surface area contributed by atoms with Gasteiger partial charge < -0.3 is 15.0 Å². The molecule has 186 valence electrons. The van der Waals surface area contributed by atoms with Crippen LogP contribution in [0.1, 0.15) is 32.3 Å². The number of halogens is 1. The highest BCUT2D eigenvalue weighted by Crippen LogP contribution is 2.22. The van der Waals surface area contributed by atoms with Crippen molar-refractivity contribution in [3.8, 4) is 5.75 Å². The standard InChI is InChI=1S/C24H32BrN3O5S/c1-5-6-15-26-24(30)18(2)27(16-19-7-13-22(33-3)14-8-19)23(29)17-28(34(4,31)32)21-11-9-20(25)10-12-21/h7-14,18H,5-6,15-17H2,1-4H3,(H,26,30)/t18-/m0/s1. The average Bonchev–Trinajstić information content (AvgIpc) is 2.81. The van der Waals surface area contributed by atoms with Gasteiger partial charge in [-0.15, -0.1) is 0 Å². The van der Waals surface area contributed by atoms with Gasteiger partial charge in [0.05, 0.1) is 19.1 Å². The minimum atomic E-state index is -3.75. The summed E-state index contributed by atoms with van der Waals surface area (Å²) in [6, 6.07) is 13.0. The highest BCUT2D eigenvalue weighted by atomic mass is 79.9. The Morgan fingerprint density at radius 3 is 2.24 bits per heavy atom. The summed E-state index contributed by atoms with van der Waals surface area (Å²) in [7, 11) is -2.19. The molecule has 0 radical (unpaired) electrons. The van der Waals surface area contributed by atoms with E-state index in [-0.39, 0.29) is 12.5 Å². The molecular formula is C24H32BrN3O5S. The number of carbonyl (C=O) groups is 2. The molecule has 0 aliphatic carbocycles. The lowest BCUT2D eigenvalue weighted by atomic mass is 10.1. The van der Waals surface area contributed by atoms with E-state index < -0.39 is 28.5 Å². The lowest BCUT2D eigenvalue weighted by Gasteiger charge is -2.31. The highest BCUT2D eigenvalue weighted by molar-refractivity contribution is 9.10. The van der Waals surface area contributed by atoms with Crippen molar-refractivity contribution in [1.29, 1.82) is 0 Å². The number of benzene rings is 2. The Hall–Kier alpha value is -2.59. The second kappa shape index (κ2) is 12.8. The van der Waals surface area contributed by atoms with Crippen LogP contribution in [0.5, 0.6) is 5.75 Å². The van der Waals surface area contributed by atoms with Crippen LogP contribution in [0.2, 0.25) is 0 Å². The summed E-state index contributed by atoms with van der Waals surface area (Å²) in [4.78, 5) is 27.6. The molecule has 2 aromatic rings. The van der Waals surface area contributed by atoms with Crippen molar-refractivity contribution in [3.05, 3.63) is 58.6 Å². The number of amides is 2. The number of sulfonamides is 1. The Labute approximate surface area is 210 Å². The summed E-state index contributed by atoms with van der Waals surface area (Å²) in [5, 5.41) is 2.85. The first-order chi connectivity index (χ1) is 16.1. The van der Waals surface area contributed by atoms with Crippen LogP contribution in [0.3, 0.4) is 0 Å². The van der Waals surface area contributed by atoms with E-state index in [1.54, 1.807) is 50.4 Å². The number of nitrogens with one attached hydrogen (secondary N) is 1. The lowest BCUT2D eigenvalue weighted by molar-refractivity contribution is -0.139. The molecule has 0 bridgehead atoms. The van der Waals surface area contributed by atoms with Gasteiger partial charge in [0.1, 0.15) is 18.3 Å². The Balaban J connectivity index is 2.32. The molecule has 0 aliphatic rings. The molecule has 10 heteroatoms. The maximum Gasteiger partial charge on any atom is 0.244 e. The quantitative estimate of drug-likeness (QED) is 0.405. The van der Waals surface area contributed by atoms with Crippen molar-refractivity contribution < 1.29 is 22.7 Å². The van der Waals surface area contributed by atoms with Crippen LogP contribution in [0.15, 0.2) is 53.0 Å². The molecule has 1 atom stereocenters. The Bertz CT molecular complexity index is 1060. The van der Waals surface area contributed by atoms with Crippen LogP contribution in [0, 0.1) is 0 Å². The number of carbonyl (C=O) groups excluding carboxylic acids is 2.